The topological polar surface area (TPSA) is 52.6 Å². The molecule has 2 aromatic rings. The molecule has 0 saturated heterocycles. The molecule has 28 heavy (non-hydrogen) atoms. The van der Waals surface area contributed by atoms with Crippen molar-refractivity contribution in [2.45, 2.75) is 63.7 Å². The second-order valence-corrected chi connectivity index (χ2v) is 8.71. The maximum Gasteiger partial charge on any atom is 0.297 e. The molecule has 0 aliphatic carbocycles. The van der Waals surface area contributed by atoms with Gasteiger partial charge in [-0.15, -0.1) is 0 Å². The van der Waals surface area contributed by atoms with Crippen LogP contribution >= 0.6 is 0 Å². The zero-order valence-corrected chi connectivity index (χ0v) is 17.8. The smallest absolute Gasteiger partial charge is 0.297 e. The summed E-state index contributed by atoms with van der Waals surface area (Å²) in [5.74, 6) is 0.725. The lowest BCUT2D eigenvalue weighted by atomic mass is 10.0. The van der Waals surface area contributed by atoms with Crippen molar-refractivity contribution in [1.29, 1.82) is 0 Å². The van der Waals surface area contributed by atoms with E-state index >= 15 is 0 Å². The van der Waals surface area contributed by atoms with E-state index in [0.29, 0.717) is 0 Å². The van der Waals surface area contributed by atoms with Crippen molar-refractivity contribution in [3.05, 3.63) is 59.7 Å². The van der Waals surface area contributed by atoms with Crippen LogP contribution in [0.5, 0.6) is 5.75 Å². The molecule has 0 N–H and O–H groups in total. The third-order valence-corrected chi connectivity index (χ3v) is 5.97. The van der Waals surface area contributed by atoms with Gasteiger partial charge in [-0.3, -0.25) is 4.18 Å². The van der Waals surface area contributed by atoms with Gasteiger partial charge in [0.25, 0.3) is 10.1 Å². The lowest BCUT2D eigenvalue weighted by Gasteiger charge is -2.09. The van der Waals surface area contributed by atoms with Gasteiger partial charge in [-0.25, -0.2) is 0 Å². The van der Waals surface area contributed by atoms with E-state index < -0.39 is 10.1 Å². The SMILES string of the molecule is CCCCCCCCc1ccc(OCCOS(=O)(=O)c2ccc(C)cc2)cc1. The third kappa shape index (κ3) is 8.03. The predicted molar refractivity (Wildman–Crippen MR) is 113 cm³/mol. The van der Waals surface area contributed by atoms with Crippen LogP contribution in [-0.4, -0.2) is 21.6 Å². The Morgan fingerprint density at radius 2 is 1.43 bits per heavy atom. The van der Waals surface area contributed by atoms with Crippen LogP contribution in [0.25, 0.3) is 0 Å². The van der Waals surface area contributed by atoms with Crippen molar-refractivity contribution in [3.63, 3.8) is 0 Å². The molecule has 0 unspecified atom stereocenters. The number of aryl methyl sites for hydroxylation is 2. The van der Waals surface area contributed by atoms with Crippen molar-refractivity contribution in [2.75, 3.05) is 13.2 Å². The van der Waals surface area contributed by atoms with Crippen LogP contribution in [0.2, 0.25) is 0 Å². The maximum atomic E-state index is 12.1. The van der Waals surface area contributed by atoms with E-state index in [1.54, 1.807) is 24.3 Å². The quantitative estimate of drug-likeness (QED) is 0.318. The van der Waals surface area contributed by atoms with Gasteiger partial charge < -0.3 is 4.74 Å². The first kappa shape index (κ1) is 22.4. The zero-order chi connectivity index (χ0) is 20.2. The standard InChI is InChI=1S/C23H32O4S/c1-3-4-5-6-7-8-9-21-12-14-22(15-13-21)26-18-19-27-28(24,25)23-16-10-20(2)11-17-23/h10-17H,3-9,18-19H2,1-2H3. The molecule has 4 nitrogen and oxygen atoms in total. The molecule has 0 fully saturated rings. The molecule has 0 heterocycles. The third-order valence-electron chi connectivity index (χ3n) is 4.64. The second kappa shape index (κ2) is 11.9. The van der Waals surface area contributed by atoms with Gasteiger partial charge in [-0.05, 0) is 49.6 Å². The van der Waals surface area contributed by atoms with Crippen LogP contribution in [-0.2, 0) is 20.7 Å². The highest BCUT2D eigenvalue weighted by molar-refractivity contribution is 7.86. The van der Waals surface area contributed by atoms with Gasteiger partial charge in [-0.1, -0.05) is 68.9 Å². The van der Waals surface area contributed by atoms with Crippen LogP contribution in [0.15, 0.2) is 53.4 Å². The Bertz CT molecular complexity index is 780. The number of benzene rings is 2. The predicted octanol–water partition coefficient (Wildman–Crippen LogP) is 5.68. The van der Waals surface area contributed by atoms with E-state index in [1.165, 1.54) is 44.1 Å². The number of hydrogen-bond donors (Lipinski definition) is 0. The summed E-state index contributed by atoms with van der Waals surface area (Å²) in [5.41, 5.74) is 2.31. The van der Waals surface area contributed by atoms with Crippen molar-refractivity contribution in [3.8, 4) is 5.75 Å². The average Bonchev–Trinajstić information content (AvgIpc) is 2.69. The molecule has 0 aliphatic rings. The summed E-state index contributed by atoms with van der Waals surface area (Å²) < 4.78 is 34.8. The second-order valence-electron chi connectivity index (χ2n) is 7.10. The van der Waals surface area contributed by atoms with Crippen LogP contribution in [0.3, 0.4) is 0 Å². The van der Waals surface area contributed by atoms with E-state index in [4.69, 9.17) is 8.92 Å². The molecular weight excluding hydrogens is 372 g/mol. The van der Waals surface area contributed by atoms with Crippen LogP contribution in [0.4, 0.5) is 0 Å². The summed E-state index contributed by atoms with van der Waals surface area (Å²) in [7, 11) is -3.74. The van der Waals surface area contributed by atoms with Gasteiger partial charge in [0, 0.05) is 0 Å². The fourth-order valence-corrected chi connectivity index (χ4v) is 3.83. The highest BCUT2D eigenvalue weighted by Gasteiger charge is 2.14. The van der Waals surface area contributed by atoms with Crippen LogP contribution < -0.4 is 4.74 Å². The van der Waals surface area contributed by atoms with E-state index in [1.807, 2.05) is 19.1 Å². The molecule has 2 aromatic carbocycles. The van der Waals surface area contributed by atoms with Gasteiger partial charge in [-0.2, -0.15) is 8.42 Å². The Morgan fingerprint density at radius 1 is 0.786 bits per heavy atom. The van der Waals surface area contributed by atoms with Gasteiger partial charge in [0.05, 0.1) is 4.90 Å². The Hall–Kier alpha value is -1.85. The molecule has 0 atom stereocenters. The fourth-order valence-electron chi connectivity index (χ4n) is 2.94. The van der Waals surface area contributed by atoms with Gasteiger partial charge in [0.2, 0.25) is 0 Å². The van der Waals surface area contributed by atoms with Crippen molar-refractivity contribution in [2.24, 2.45) is 0 Å². The minimum atomic E-state index is -3.74. The summed E-state index contributed by atoms with van der Waals surface area (Å²) in [5, 5.41) is 0. The number of hydrogen-bond acceptors (Lipinski definition) is 4. The highest BCUT2D eigenvalue weighted by atomic mass is 32.2. The van der Waals surface area contributed by atoms with Crippen LogP contribution in [0, 0.1) is 6.92 Å². The monoisotopic (exact) mass is 404 g/mol. The van der Waals surface area contributed by atoms with Crippen molar-refractivity contribution < 1.29 is 17.3 Å². The molecule has 0 spiro atoms. The summed E-state index contributed by atoms with van der Waals surface area (Å²) in [4.78, 5) is 0.164. The first-order valence-corrected chi connectivity index (χ1v) is 11.6. The Kier molecular flexibility index (Phi) is 9.51. The lowest BCUT2D eigenvalue weighted by Crippen LogP contribution is -2.13. The molecule has 154 valence electrons. The summed E-state index contributed by atoms with van der Waals surface area (Å²) in [6.07, 6.45) is 8.86. The number of ether oxygens (including phenoxy) is 1. The molecule has 0 aromatic heterocycles. The van der Waals surface area contributed by atoms with E-state index in [-0.39, 0.29) is 18.1 Å². The number of unbranched alkanes of at least 4 members (excludes halogenated alkanes) is 5. The zero-order valence-electron chi connectivity index (χ0n) is 17.0. The van der Waals surface area contributed by atoms with Gasteiger partial charge in [0.15, 0.2) is 0 Å². The minimum absolute atomic E-state index is 0.0181. The van der Waals surface area contributed by atoms with E-state index in [0.717, 1.165) is 17.7 Å². The summed E-state index contributed by atoms with van der Waals surface area (Å²) in [6, 6.07) is 14.6. The molecule has 0 aliphatic heterocycles. The first-order valence-electron chi connectivity index (χ1n) is 10.2. The Labute approximate surface area is 170 Å². The summed E-state index contributed by atoms with van der Waals surface area (Å²) >= 11 is 0. The highest BCUT2D eigenvalue weighted by Crippen LogP contribution is 2.16. The lowest BCUT2D eigenvalue weighted by molar-refractivity contribution is 0.221. The molecule has 5 heteroatoms. The Balaban J connectivity index is 1.67. The van der Waals surface area contributed by atoms with E-state index in [9.17, 15) is 8.42 Å². The molecule has 0 radical (unpaired) electrons. The molecule has 2 rings (SSSR count). The first-order chi connectivity index (χ1) is 13.5. The molecule has 0 saturated carbocycles. The van der Waals surface area contributed by atoms with Crippen molar-refractivity contribution in [1.82, 2.24) is 0 Å². The maximum absolute atomic E-state index is 12.1. The number of rotatable bonds is 13. The molecular formula is C23H32O4S. The average molecular weight is 405 g/mol. The molecule has 0 amide bonds. The van der Waals surface area contributed by atoms with Gasteiger partial charge in [0.1, 0.15) is 19.0 Å². The Morgan fingerprint density at radius 3 is 2.11 bits per heavy atom. The minimum Gasteiger partial charge on any atom is -0.491 e. The van der Waals surface area contributed by atoms with Gasteiger partial charge >= 0.3 is 0 Å². The largest absolute Gasteiger partial charge is 0.491 e. The summed E-state index contributed by atoms with van der Waals surface area (Å²) in [6.45, 7) is 4.31. The molecule has 0 bridgehead atoms. The van der Waals surface area contributed by atoms with Crippen molar-refractivity contribution >= 4 is 10.1 Å². The fraction of sp³-hybridized carbons (Fsp3) is 0.478. The normalized spacial score (nSPS) is 11.5. The van der Waals surface area contributed by atoms with Crippen LogP contribution in [0.1, 0.15) is 56.6 Å². The van der Waals surface area contributed by atoms with E-state index in [2.05, 4.69) is 19.1 Å².